The molecule has 1 amide bonds. The average Bonchev–Trinajstić information content (AvgIpc) is 3.22. The molecular formula is C19H13N3O4S. The van der Waals surface area contributed by atoms with E-state index in [0.29, 0.717) is 22.8 Å². The van der Waals surface area contributed by atoms with Crippen LogP contribution in [0.3, 0.4) is 0 Å². The maximum absolute atomic E-state index is 12.5. The smallest absolute Gasteiger partial charge is 0.420 e. The van der Waals surface area contributed by atoms with E-state index < -0.39 is 5.76 Å². The number of para-hydroxylation sites is 3. The fourth-order valence-corrected chi connectivity index (χ4v) is 4.02. The third-order valence-electron chi connectivity index (χ3n) is 4.32. The van der Waals surface area contributed by atoms with Gasteiger partial charge in [-0.05, 0) is 24.3 Å². The lowest BCUT2D eigenvalue weighted by atomic mass is 10.1. The summed E-state index contributed by atoms with van der Waals surface area (Å²) in [5.74, 6) is -0.124. The Morgan fingerprint density at radius 3 is 2.93 bits per heavy atom. The zero-order valence-electron chi connectivity index (χ0n) is 14.0. The minimum Gasteiger partial charge on any atom is -0.487 e. The van der Waals surface area contributed by atoms with Gasteiger partial charge in [0.15, 0.2) is 10.7 Å². The Morgan fingerprint density at radius 1 is 1.19 bits per heavy atom. The van der Waals surface area contributed by atoms with Crippen molar-refractivity contribution in [1.82, 2.24) is 9.55 Å². The highest BCUT2D eigenvalue weighted by molar-refractivity contribution is 7.16. The van der Waals surface area contributed by atoms with E-state index in [1.165, 1.54) is 15.9 Å². The van der Waals surface area contributed by atoms with Gasteiger partial charge in [-0.25, -0.2) is 9.78 Å². The summed E-state index contributed by atoms with van der Waals surface area (Å²) in [6.45, 7) is 0.277. The third kappa shape index (κ3) is 2.70. The molecule has 0 spiro atoms. The molecule has 4 aromatic rings. The topological polar surface area (TPSA) is 86.4 Å². The van der Waals surface area contributed by atoms with Crippen LogP contribution in [0.5, 0.6) is 5.75 Å². The summed E-state index contributed by atoms with van der Waals surface area (Å²) in [5.41, 5.74) is 2.77. The molecule has 2 aromatic heterocycles. The van der Waals surface area contributed by atoms with E-state index in [1.807, 2.05) is 24.3 Å². The van der Waals surface area contributed by atoms with Crippen molar-refractivity contribution in [2.45, 2.75) is 13.2 Å². The summed E-state index contributed by atoms with van der Waals surface area (Å²) >= 11 is 1.37. The first-order valence-electron chi connectivity index (χ1n) is 8.29. The lowest BCUT2D eigenvalue weighted by Gasteiger charge is -2.15. The second kappa shape index (κ2) is 6.10. The maximum atomic E-state index is 12.5. The molecular weight excluding hydrogens is 366 g/mol. The lowest BCUT2D eigenvalue weighted by molar-refractivity contribution is -0.116. The molecule has 134 valence electrons. The molecule has 3 heterocycles. The Bertz CT molecular complexity index is 1240. The lowest BCUT2D eigenvalue weighted by Crippen LogP contribution is -2.24. The van der Waals surface area contributed by atoms with Crippen LogP contribution in [0.4, 0.5) is 5.13 Å². The van der Waals surface area contributed by atoms with Crippen molar-refractivity contribution in [3.05, 3.63) is 64.0 Å². The molecule has 0 radical (unpaired) electrons. The Balaban J connectivity index is 1.40. The molecule has 7 nitrogen and oxygen atoms in total. The van der Waals surface area contributed by atoms with Gasteiger partial charge < -0.3 is 14.5 Å². The number of oxazole rings is 1. The van der Waals surface area contributed by atoms with E-state index in [2.05, 4.69) is 10.3 Å². The minimum absolute atomic E-state index is 0.146. The monoisotopic (exact) mass is 379 g/mol. The molecule has 1 aliphatic rings. The Kier molecular flexibility index (Phi) is 3.58. The predicted octanol–water partition coefficient (Wildman–Crippen LogP) is 3.25. The number of ether oxygens (including phenoxy) is 1. The fraction of sp³-hybridized carbons (Fsp3) is 0.105. The molecule has 0 bridgehead atoms. The van der Waals surface area contributed by atoms with Crippen LogP contribution in [0.15, 0.2) is 57.7 Å². The number of fused-ring (bicyclic) bond motifs is 4. The number of hydrogen-bond donors (Lipinski definition) is 1. The number of benzene rings is 2. The van der Waals surface area contributed by atoms with E-state index in [1.54, 1.807) is 24.3 Å². The quantitative estimate of drug-likeness (QED) is 0.590. The van der Waals surface area contributed by atoms with Crippen molar-refractivity contribution in [1.29, 1.82) is 0 Å². The average molecular weight is 379 g/mol. The number of nitrogens with one attached hydrogen (secondary N) is 1. The highest BCUT2D eigenvalue weighted by Gasteiger charge is 2.22. The number of hydrogen-bond acceptors (Lipinski definition) is 6. The second-order valence-corrected chi connectivity index (χ2v) is 7.13. The number of rotatable bonds is 3. The third-order valence-corrected chi connectivity index (χ3v) is 5.26. The molecule has 0 aliphatic carbocycles. The van der Waals surface area contributed by atoms with Crippen LogP contribution in [0.25, 0.3) is 22.4 Å². The standard InChI is InChI=1S/C19H13N3O4S/c23-16(9-22-12-6-2-4-8-14(12)26-19(22)24)20-18-21-17-11-5-1-3-7-13(11)25-10-15(17)27-18/h1-8H,9-10H2,(H,20,21,23). The molecule has 0 saturated heterocycles. The zero-order chi connectivity index (χ0) is 18.4. The first-order valence-corrected chi connectivity index (χ1v) is 9.11. The highest BCUT2D eigenvalue weighted by Crippen LogP contribution is 2.40. The number of carbonyl (C=O) groups is 1. The summed E-state index contributed by atoms with van der Waals surface area (Å²) in [5, 5.41) is 3.25. The molecule has 0 unspecified atom stereocenters. The molecule has 0 saturated carbocycles. The SMILES string of the molecule is O=C(Cn1c(=O)oc2ccccc21)Nc1nc2c(s1)COc1ccccc1-2. The Labute approximate surface area is 156 Å². The highest BCUT2D eigenvalue weighted by atomic mass is 32.1. The first-order chi connectivity index (χ1) is 13.2. The summed E-state index contributed by atoms with van der Waals surface area (Å²) < 4.78 is 12.2. The predicted molar refractivity (Wildman–Crippen MR) is 101 cm³/mol. The molecule has 5 rings (SSSR count). The van der Waals surface area contributed by atoms with Gasteiger partial charge in [-0.15, -0.1) is 0 Å². The maximum Gasteiger partial charge on any atom is 0.420 e. The van der Waals surface area contributed by atoms with Crippen molar-refractivity contribution < 1.29 is 13.9 Å². The summed E-state index contributed by atoms with van der Waals surface area (Å²) in [6, 6.07) is 14.7. The van der Waals surface area contributed by atoms with E-state index in [9.17, 15) is 9.59 Å². The number of anilines is 1. The van der Waals surface area contributed by atoms with E-state index in [-0.39, 0.29) is 12.5 Å². The number of aromatic nitrogens is 2. The molecule has 1 N–H and O–H groups in total. The van der Waals surface area contributed by atoms with Gasteiger partial charge in [-0.2, -0.15) is 0 Å². The number of amides is 1. The van der Waals surface area contributed by atoms with E-state index in [0.717, 1.165) is 21.9 Å². The van der Waals surface area contributed by atoms with Gasteiger partial charge in [0.25, 0.3) is 0 Å². The van der Waals surface area contributed by atoms with Gasteiger partial charge >= 0.3 is 5.76 Å². The molecule has 27 heavy (non-hydrogen) atoms. The first kappa shape index (κ1) is 15.8. The molecule has 8 heteroatoms. The van der Waals surface area contributed by atoms with Crippen molar-refractivity contribution in [2.75, 3.05) is 5.32 Å². The normalized spacial score (nSPS) is 12.3. The van der Waals surface area contributed by atoms with Crippen LogP contribution >= 0.6 is 11.3 Å². The van der Waals surface area contributed by atoms with Crippen LogP contribution in [0.1, 0.15) is 4.88 Å². The van der Waals surface area contributed by atoms with Crippen LogP contribution in [-0.4, -0.2) is 15.5 Å². The number of thiazole rings is 1. The van der Waals surface area contributed by atoms with E-state index >= 15 is 0 Å². The molecule has 0 atom stereocenters. The van der Waals surface area contributed by atoms with Crippen molar-refractivity contribution in [2.24, 2.45) is 0 Å². The molecule has 2 aromatic carbocycles. The van der Waals surface area contributed by atoms with Crippen molar-refractivity contribution in [3.8, 4) is 17.0 Å². The van der Waals surface area contributed by atoms with Crippen LogP contribution in [-0.2, 0) is 17.9 Å². The zero-order valence-corrected chi connectivity index (χ0v) is 14.8. The fourth-order valence-electron chi connectivity index (χ4n) is 3.11. The van der Waals surface area contributed by atoms with Gasteiger partial charge in [0.1, 0.15) is 18.9 Å². The van der Waals surface area contributed by atoms with Gasteiger partial charge in [-0.3, -0.25) is 9.36 Å². The number of carbonyl (C=O) groups excluding carboxylic acids is 1. The van der Waals surface area contributed by atoms with Crippen LogP contribution in [0, 0.1) is 0 Å². The number of nitrogens with zero attached hydrogens (tertiary/aromatic N) is 2. The Hall–Kier alpha value is -3.39. The largest absolute Gasteiger partial charge is 0.487 e. The van der Waals surface area contributed by atoms with Gasteiger partial charge in [0.05, 0.1) is 16.1 Å². The summed E-state index contributed by atoms with van der Waals surface area (Å²) in [4.78, 5) is 30.0. The second-order valence-electron chi connectivity index (χ2n) is 6.05. The molecule has 1 aliphatic heterocycles. The van der Waals surface area contributed by atoms with Crippen LogP contribution < -0.4 is 15.8 Å². The molecule has 0 fully saturated rings. The van der Waals surface area contributed by atoms with Gasteiger partial charge in [-0.1, -0.05) is 35.6 Å². The van der Waals surface area contributed by atoms with E-state index in [4.69, 9.17) is 9.15 Å². The van der Waals surface area contributed by atoms with Gasteiger partial charge in [0, 0.05) is 5.56 Å². The Morgan fingerprint density at radius 2 is 2.00 bits per heavy atom. The summed E-state index contributed by atoms with van der Waals surface area (Å²) in [6.07, 6.45) is 0. The van der Waals surface area contributed by atoms with Crippen molar-refractivity contribution >= 4 is 33.5 Å². The van der Waals surface area contributed by atoms with Crippen molar-refractivity contribution in [3.63, 3.8) is 0 Å². The van der Waals surface area contributed by atoms with Crippen LogP contribution in [0.2, 0.25) is 0 Å². The minimum atomic E-state index is -0.563. The van der Waals surface area contributed by atoms with Gasteiger partial charge in [0.2, 0.25) is 5.91 Å². The summed E-state index contributed by atoms with van der Waals surface area (Å²) in [7, 11) is 0.